The van der Waals surface area contributed by atoms with Gasteiger partial charge in [-0.05, 0) is 47.3 Å². The first kappa shape index (κ1) is 13.8. The van der Waals surface area contributed by atoms with E-state index in [9.17, 15) is 0 Å². The number of benzene rings is 1. The minimum absolute atomic E-state index is 0.304. The van der Waals surface area contributed by atoms with Gasteiger partial charge in [0.1, 0.15) is 0 Å². The molecule has 1 fully saturated rings. The highest BCUT2D eigenvalue weighted by Crippen LogP contribution is 2.33. The first-order valence-corrected chi connectivity index (χ1v) is 7.93. The smallest absolute Gasteiger partial charge is 0.0936 e. The zero-order chi connectivity index (χ0) is 14.3. The molecule has 3 unspecified atom stereocenters. The van der Waals surface area contributed by atoms with E-state index in [1.807, 2.05) is 6.20 Å². The maximum Gasteiger partial charge on any atom is 0.0936 e. The molecule has 3 nitrogen and oxygen atoms in total. The molecule has 0 amide bonds. The Bertz CT molecular complexity index is 628. The Morgan fingerprint density at radius 3 is 2.95 bits per heavy atom. The quantitative estimate of drug-likeness (QED) is 0.867. The normalized spacial score (nSPS) is 27.0. The number of anilines is 1. The molecule has 1 aromatic heterocycles. The van der Waals surface area contributed by atoms with Gasteiger partial charge in [0.25, 0.3) is 0 Å². The highest BCUT2D eigenvalue weighted by atomic mass is 79.9. The van der Waals surface area contributed by atoms with E-state index in [2.05, 4.69) is 63.9 Å². The topological polar surface area (TPSA) is 42.1 Å². The number of nitrogens with zero attached hydrogens (tertiary/aromatic N) is 2. The molecule has 0 aliphatic carbocycles. The van der Waals surface area contributed by atoms with Gasteiger partial charge < -0.3 is 10.6 Å². The van der Waals surface area contributed by atoms with Gasteiger partial charge in [-0.1, -0.05) is 19.1 Å². The van der Waals surface area contributed by atoms with Gasteiger partial charge in [-0.15, -0.1) is 0 Å². The summed E-state index contributed by atoms with van der Waals surface area (Å²) >= 11 is 3.49. The van der Waals surface area contributed by atoms with E-state index < -0.39 is 0 Å². The van der Waals surface area contributed by atoms with Crippen LogP contribution >= 0.6 is 15.9 Å². The van der Waals surface area contributed by atoms with E-state index in [0.717, 1.165) is 23.0 Å². The molecule has 20 heavy (non-hydrogen) atoms. The number of nitrogens with two attached hydrogens (primary N) is 1. The van der Waals surface area contributed by atoms with Crippen molar-refractivity contribution < 1.29 is 0 Å². The lowest BCUT2D eigenvalue weighted by molar-refractivity contribution is 0.316. The molecule has 1 aliphatic rings. The monoisotopic (exact) mass is 333 g/mol. The van der Waals surface area contributed by atoms with Crippen LogP contribution in [-0.4, -0.2) is 23.6 Å². The first-order valence-electron chi connectivity index (χ1n) is 7.14. The number of para-hydroxylation sites is 1. The predicted octanol–water partition coefficient (Wildman–Crippen LogP) is 3.56. The second-order valence-electron chi connectivity index (χ2n) is 5.75. The third-order valence-corrected chi connectivity index (χ3v) is 5.03. The van der Waals surface area contributed by atoms with Crippen LogP contribution in [0.5, 0.6) is 0 Å². The molecular weight excluding hydrogens is 314 g/mol. The molecular formula is C16H20BrN3. The fourth-order valence-corrected chi connectivity index (χ4v) is 3.43. The summed E-state index contributed by atoms with van der Waals surface area (Å²) < 4.78 is 1.02. The number of piperidine rings is 1. The predicted molar refractivity (Wildman–Crippen MR) is 88.0 cm³/mol. The highest BCUT2D eigenvalue weighted by molar-refractivity contribution is 9.10. The van der Waals surface area contributed by atoms with Crippen LogP contribution in [0.2, 0.25) is 0 Å². The Hall–Kier alpha value is -1.13. The lowest BCUT2D eigenvalue weighted by Crippen LogP contribution is -2.51. The average molecular weight is 334 g/mol. The summed E-state index contributed by atoms with van der Waals surface area (Å²) in [5.74, 6) is 0.495. The highest BCUT2D eigenvalue weighted by Gasteiger charge is 2.31. The SMILES string of the molecule is CC1C(N)CCN(c2cccc3cc(Br)cnc23)C1C. The van der Waals surface area contributed by atoms with Gasteiger partial charge in [0.2, 0.25) is 0 Å². The molecule has 1 aromatic carbocycles. The van der Waals surface area contributed by atoms with Crippen molar-refractivity contribution in [2.24, 2.45) is 11.7 Å². The maximum atomic E-state index is 6.19. The number of pyridine rings is 1. The molecule has 1 aliphatic heterocycles. The molecule has 0 spiro atoms. The molecule has 2 heterocycles. The van der Waals surface area contributed by atoms with Gasteiger partial charge >= 0.3 is 0 Å². The van der Waals surface area contributed by atoms with Crippen LogP contribution in [0.15, 0.2) is 34.9 Å². The average Bonchev–Trinajstić information content (AvgIpc) is 2.44. The fraction of sp³-hybridized carbons (Fsp3) is 0.438. The van der Waals surface area contributed by atoms with Crippen molar-refractivity contribution in [1.82, 2.24) is 4.98 Å². The summed E-state index contributed by atoms with van der Waals surface area (Å²) in [4.78, 5) is 7.07. The Labute approximate surface area is 128 Å². The maximum absolute atomic E-state index is 6.19. The van der Waals surface area contributed by atoms with Gasteiger partial charge in [-0.2, -0.15) is 0 Å². The molecule has 1 saturated heterocycles. The van der Waals surface area contributed by atoms with Crippen LogP contribution in [0.3, 0.4) is 0 Å². The van der Waals surface area contributed by atoms with E-state index in [4.69, 9.17) is 5.73 Å². The summed E-state index contributed by atoms with van der Waals surface area (Å²) in [7, 11) is 0. The lowest BCUT2D eigenvalue weighted by atomic mass is 9.87. The second kappa shape index (κ2) is 5.34. The van der Waals surface area contributed by atoms with E-state index in [1.165, 1.54) is 11.1 Å². The van der Waals surface area contributed by atoms with Gasteiger partial charge in [0, 0.05) is 34.7 Å². The summed E-state index contributed by atoms with van der Waals surface area (Å²) in [6.07, 6.45) is 2.91. The number of rotatable bonds is 1. The van der Waals surface area contributed by atoms with Crippen molar-refractivity contribution in [2.45, 2.75) is 32.4 Å². The van der Waals surface area contributed by atoms with Gasteiger partial charge in [0.05, 0.1) is 11.2 Å². The van der Waals surface area contributed by atoms with Gasteiger partial charge in [-0.3, -0.25) is 4.98 Å². The largest absolute Gasteiger partial charge is 0.367 e. The van der Waals surface area contributed by atoms with Crippen molar-refractivity contribution >= 4 is 32.5 Å². The third-order valence-electron chi connectivity index (χ3n) is 4.60. The molecule has 0 bridgehead atoms. The molecule has 2 aromatic rings. The van der Waals surface area contributed by atoms with Gasteiger partial charge in [-0.25, -0.2) is 0 Å². The van der Waals surface area contributed by atoms with E-state index >= 15 is 0 Å². The number of hydrogen-bond donors (Lipinski definition) is 1. The van der Waals surface area contributed by atoms with Crippen LogP contribution in [0.25, 0.3) is 10.9 Å². The van der Waals surface area contributed by atoms with Gasteiger partial charge in [0.15, 0.2) is 0 Å². The number of aromatic nitrogens is 1. The molecule has 3 rings (SSSR count). The van der Waals surface area contributed by atoms with Crippen molar-refractivity contribution in [3.8, 4) is 0 Å². The molecule has 3 atom stereocenters. The van der Waals surface area contributed by atoms with Crippen LogP contribution < -0.4 is 10.6 Å². The van der Waals surface area contributed by atoms with E-state index in [1.54, 1.807) is 0 Å². The minimum Gasteiger partial charge on any atom is -0.367 e. The zero-order valence-electron chi connectivity index (χ0n) is 11.9. The Morgan fingerprint density at radius 2 is 2.15 bits per heavy atom. The second-order valence-corrected chi connectivity index (χ2v) is 6.66. The van der Waals surface area contributed by atoms with Crippen LogP contribution in [0.1, 0.15) is 20.3 Å². The molecule has 0 saturated carbocycles. The van der Waals surface area contributed by atoms with Crippen molar-refractivity contribution in [2.75, 3.05) is 11.4 Å². The molecule has 106 valence electrons. The fourth-order valence-electron chi connectivity index (χ4n) is 3.09. The van der Waals surface area contributed by atoms with Crippen LogP contribution in [-0.2, 0) is 0 Å². The minimum atomic E-state index is 0.304. The third kappa shape index (κ3) is 2.31. The summed E-state index contributed by atoms with van der Waals surface area (Å²) in [6.45, 7) is 5.52. The number of halogens is 1. The zero-order valence-corrected chi connectivity index (χ0v) is 13.5. The Kier molecular flexibility index (Phi) is 3.69. The summed E-state index contributed by atoms with van der Waals surface area (Å²) in [6, 6.07) is 9.25. The summed E-state index contributed by atoms with van der Waals surface area (Å²) in [5.41, 5.74) is 8.49. The van der Waals surface area contributed by atoms with Crippen molar-refractivity contribution in [3.05, 3.63) is 34.9 Å². The standard InChI is InChI=1S/C16H20BrN3/c1-10-11(2)20(7-6-14(10)18)15-5-3-4-12-8-13(17)9-19-16(12)15/h3-5,8-11,14H,6-7,18H2,1-2H3. The molecule has 2 N–H and O–H groups in total. The van der Waals surface area contributed by atoms with Crippen molar-refractivity contribution in [1.29, 1.82) is 0 Å². The van der Waals surface area contributed by atoms with E-state index in [0.29, 0.717) is 18.0 Å². The Morgan fingerprint density at radius 1 is 1.35 bits per heavy atom. The Balaban J connectivity index is 2.06. The molecule has 0 radical (unpaired) electrons. The van der Waals surface area contributed by atoms with Crippen LogP contribution in [0.4, 0.5) is 5.69 Å². The summed E-state index contributed by atoms with van der Waals surface area (Å²) in [5, 5.41) is 1.17. The van der Waals surface area contributed by atoms with Crippen molar-refractivity contribution in [3.63, 3.8) is 0 Å². The van der Waals surface area contributed by atoms with E-state index in [-0.39, 0.29) is 0 Å². The molecule has 4 heteroatoms. The lowest BCUT2D eigenvalue weighted by Gasteiger charge is -2.43. The number of fused-ring (bicyclic) bond motifs is 1. The number of hydrogen-bond acceptors (Lipinski definition) is 3. The van der Waals surface area contributed by atoms with Crippen LogP contribution in [0, 0.1) is 5.92 Å². The first-order chi connectivity index (χ1) is 9.58.